The molecule has 2 rings (SSSR count). The molecule has 0 saturated heterocycles. The third-order valence-electron chi connectivity index (χ3n) is 2.37. The van der Waals surface area contributed by atoms with Gasteiger partial charge in [-0.25, -0.2) is 4.39 Å². The van der Waals surface area contributed by atoms with Gasteiger partial charge in [0.1, 0.15) is 5.82 Å². The molecule has 0 atom stereocenters. The molecule has 1 heterocycles. The molecule has 3 nitrogen and oxygen atoms in total. The second kappa shape index (κ2) is 4.71. The van der Waals surface area contributed by atoms with Gasteiger partial charge < -0.3 is 10.3 Å². The van der Waals surface area contributed by atoms with E-state index in [4.69, 9.17) is 5.73 Å². The third-order valence-corrected chi connectivity index (χ3v) is 2.83. The molecule has 0 unspecified atom stereocenters. The summed E-state index contributed by atoms with van der Waals surface area (Å²) in [6, 6.07) is 7.66. The van der Waals surface area contributed by atoms with Crippen molar-refractivity contribution >= 4 is 21.6 Å². The van der Waals surface area contributed by atoms with Gasteiger partial charge in [-0.05, 0) is 39.7 Å². The van der Waals surface area contributed by atoms with Gasteiger partial charge in [0.25, 0.3) is 5.56 Å². The molecule has 0 bridgehead atoms. The van der Waals surface area contributed by atoms with Gasteiger partial charge >= 0.3 is 0 Å². The lowest BCUT2D eigenvalue weighted by Gasteiger charge is -2.07. The van der Waals surface area contributed by atoms with Crippen LogP contribution in [0.4, 0.5) is 10.1 Å². The number of halogens is 2. The van der Waals surface area contributed by atoms with Crippen LogP contribution in [0.3, 0.4) is 0 Å². The number of aromatic nitrogens is 1. The molecule has 0 saturated carbocycles. The van der Waals surface area contributed by atoms with Crippen molar-refractivity contribution in [2.75, 3.05) is 5.73 Å². The second-order valence-electron chi connectivity index (χ2n) is 3.67. The van der Waals surface area contributed by atoms with E-state index in [0.29, 0.717) is 12.1 Å². The summed E-state index contributed by atoms with van der Waals surface area (Å²) in [7, 11) is 0. The van der Waals surface area contributed by atoms with Gasteiger partial charge in [-0.15, -0.1) is 0 Å². The number of anilines is 1. The average Bonchev–Trinajstić information content (AvgIpc) is 2.29. The summed E-state index contributed by atoms with van der Waals surface area (Å²) in [4.78, 5) is 11.6. The third kappa shape index (κ3) is 2.74. The molecule has 0 spiro atoms. The van der Waals surface area contributed by atoms with E-state index in [1.54, 1.807) is 18.3 Å². The highest BCUT2D eigenvalue weighted by Gasteiger charge is 2.02. The summed E-state index contributed by atoms with van der Waals surface area (Å²) in [5.41, 5.74) is 6.05. The van der Waals surface area contributed by atoms with Crippen LogP contribution < -0.4 is 11.3 Å². The monoisotopic (exact) mass is 296 g/mol. The predicted molar refractivity (Wildman–Crippen MR) is 68.3 cm³/mol. The summed E-state index contributed by atoms with van der Waals surface area (Å²) in [6.45, 7) is 0.315. The minimum Gasteiger partial charge on any atom is -0.396 e. The Bertz CT molecular complexity index is 610. The van der Waals surface area contributed by atoms with E-state index in [1.807, 2.05) is 0 Å². The average molecular weight is 297 g/mol. The van der Waals surface area contributed by atoms with Crippen molar-refractivity contribution in [3.05, 3.63) is 62.7 Å². The smallest absolute Gasteiger partial charge is 0.250 e. The summed E-state index contributed by atoms with van der Waals surface area (Å²) in [5.74, 6) is -0.467. The minimum atomic E-state index is -0.467. The van der Waals surface area contributed by atoms with E-state index >= 15 is 0 Å². The standard InChI is InChI=1S/C12H10BrFN2O/c13-9-2-4-12(17)16(7-9)6-8-1-3-11(15)10(14)5-8/h1-5,7H,6,15H2. The van der Waals surface area contributed by atoms with Crippen molar-refractivity contribution in [3.63, 3.8) is 0 Å². The molecule has 0 aliphatic carbocycles. The van der Waals surface area contributed by atoms with Gasteiger partial charge in [-0.3, -0.25) is 4.79 Å². The van der Waals surface area contributed by atoms with Gasteiger partial charge in [-0.1, -0.05) is 6.07 Å². The topological polar surface area (TPSA) is 48.0 Å². The molecule has 0 fully saturated rings. The Balaban J connectivity index is 2.34. The van der Waals surface area contributed by atoms with E-state index in [-0.39, 0.29) is 11.2 Å². The highest BCUT2D eigenvalue weighted by Crippen LogP contribution is 2.13. The second-order valence-corrected chi connectivity index (χ2v) is 4.58. The molecular formula is C12H10BrFN2O. The van der Waals surface area contributed by atoms with Gasteiger partial charge in [0.15, 0.2) is 0 Å². The lowest BCUT2D eigenvalue weighted by Crippen LogP contribution is -2.18. The van der Waals surface area contributed by atoms with E-state index in [1.165, 1.54) is 22.8 Å². The molecule has 17 heavy (non-hydrogen) atoms. The lowest BCUT2D eigenvalue weighted by atomic mass is 10.2. The van der Waals surface area contributed by atoms with Crippen molar-refractivity contribution in [1.29, 1.82) is 0 Å². The Labute approximate surface area is 106 Å². The number of pyridine rings is 1. The van der Waals surface area contributed by atoms with Gasteiger partial charge in [0.2, 0.25) is 0 Å². The maximum absolute atomic E-state index is 13.2. The summed E-state index contributed by atoms with van der Waals surface area (Å²) in [6.07, 6.45) is 1.66. The van der Waals surface area contributed by atoms with Crippen LogP contribution in [0.25, 0.3) is 0 Å². The van der Waals surface area contributed by atoms with Crippen LogP contribution in [0.1, 0.15) is 5.56 Å². The zero-order valence-corrected chi connectivity index (χ0v) is 10.4. The fraction of sp³-hybridized carbons (Fsp3) is 0.0833. The van der Waals surface area contributed by atoms with Crippen LogP contribution >= 0.6 is 15.9 Å². The van der Waals surface area contributed by atoms with E-state index in [2.05, 4.69) is 15.9 Å². The number of nitrogen functional groups attached to an aromatic ring is 1. The summed E-state index contributed by atoms with van der Waals surface area (Å²) >= 11 is 3.28. The maximum Gasteiger partial charge on any atom is 0.250 e. The summed E-state index contributed by atoms with van der Waals surface area (Å²) < 4.78 is 15.5. The molecule has 1 aromatic carbocycles. The van der Waals surface area contributed by atoms with Gasteiger partial charge in [0, 0.05) is 16.7 Å². The first-order chi connectivity index (χ1) is 8.06. The SMILES string of the molecule is Nc1ccc(Cn2cc(Br)ccc2=O)cc1F. The Hall–Kier alpha value is -1.62. The highest BCUT2D eigenvalue weighted by molar-refractivity contribution is 9.10. The summed E-state index contributed by atoms with van der Waals surface area (Å²) in [5, 5.41) is 0. The molecule has 0 radical (unpaired) electrons. The van der Waals surface area contributed by atoms with Crippen molar-refractivity contribution in [1.82, 2.24) is 4.57 Å². The Morgan fingerprint density at radius 2 is 2.06 bits per heavy atom. The molecule has 0 amide bonds. The number of benzene rings is 1. The lowest BCUT2D eigenvalue weighted by molar-refractivity contribution is 0.627. The normalized spacial score (nSPS) is 10.5. The van der Waals surface area contributed by atoms with Crippen molar-refractivity contribution in [3.8, 4) is 0 Å². The van der Waals surface area contributed by atoms with Crippen LogP contribution in [-0.4, -0.2) is 4.57 Å². The zero-order chi connectivity index (χ0) is 12.4. The van der Waals surface area contributed by atoms with Crippen LogP contribution in [0.5, 0.6) is 0 Å². The molecule has 2 N–H and O–H groups in total. The molecular weight excluding hydrogens is 287 g/mol. The van der Waals surface area contributed by atoms with Crippen molar-refractivity contribution in [2.24, 2.45) is 0 Å². The molecule has 0 aliphatic rings. The Morgan fingerprint density at radius 3 is 2.76 bits per heavy atom. The fourth-order valence-electron chi connectivity index (χ4n) is 1.49. The van der Waals surface area contributed by atoms with Crippen LogP contribution in [-0.2, 0) is 6.54 Å². The largest absolute Gasteiger partial charge is 0.396 e. The Kier molecular flexibility index (Phi) is 3.28. The predicted octanol–water partition coefficient (Wildman–Crippen LogP) is 2.38. The first-order valence-electron chi connectivity index (χ1n) is 4.96. The molecule has 88 valence electrons. The van der Waals surface area contributed by atoms with Crippen molar-refractivity contribution in [2.45, 2.75) is 6.54 Å². The van der Waals surface area contributed by atoms with E-state index < -0.39 is 5.82 Å². The molecule has 1 aromatic heterocycles. The van der Waals surface area contributed by atoms with Crippen LogP contribution in [0.2, 0.25) is 0 Å². The number of hydrogen-bond donors (Lipinski definition) is 1. The maximum atomic E-state index is 13.2. The quantitative estimate of drug-likeness (QED) is 0.865. The van der Waals surface area contributed by atoms with E-state index in [9.17, 15) is 9.18 Å². The highest BCUT2D eigenvalue weighted by atomic mass is 79.9. The van der Waals surface area contributed by atoms with Crippen molar-refractivity contribution < 1.29 is 4.39 Å². The molecule has 5 heteroatoms. The number of hydrogen-bond acceptors (Lipinski definition) is 2. The zero-order valence-electron chi connectivity index (χ0n) is 8.86. The Morgan fingerprint density at radius 1 is 1.29 bits per heavy atom. The van der Waals surface area contributed by atoms with Gasteiger partial charge in [0.05, 0.1) is 12.2 Å². The molecule has 0 aliphatic heterocycles. The number of rotatable bonds is 2. The first kappa shape index (κ1) is 11.9. The minimum absolute atomic E-state index is 0.107. The first-order valence-corrected chi connectivity index (χ1v) is 5.75. The molecule has 2 aromatic rings. The van der Waals surface area contributed by atoms with Crippen LogP contribution in [0, 0.1) is 5.82 Å². The van der Waals surface area contributed by atoms with E-state index in [0.717, 1.165) is 4.47 Å². The number of nitrogens with zero attached hydrogens (tertiary/aromatic N) is 1. The van der Waals surface area contributed by atoms with Crippen LogP contribution in [0.15, 0.2) is 45.8 Å². The van der Waals surface area contributed by atoms with Gasteiger partial charge in [-0.2, -0.15) is 0 Å². The fourth-order valence-corrected chi connectivity index (χ4v) is 1.87. The number of nitrogens with two attached hydrogens (primary N) is 1.